The van der Waals surface area contributed by atoms with Crippen molar-refractivity contribution in [2.75, 3.05) is 13.1 Å². The summed E-state index contributed by atoms with van der Waals surface area (Å²) in [6, 6.07) is 8.81. The molecule has 3 aromatic rings. The number of nitrogens with zero attached hydrogens (tertiary/aromatic N) is 2. The first-order valence-corrected chi connectivity index (χ1v) is 9.86. The summed E-state index contributed by atoms with van der Waals surface area (Å²) in [6.07, 6.45) is 1.71. The Hall–Kier alpha value is -2.61. The van der Waals surface area contributed by atoms with Gasteiger partial charge in [0.05, 0.1) is 34.6 Å². The van der Waals surface area contributed by atoms with Crippen LogP contribution in [0.2, 0.25) is 10.0 Å². The number of H-pyrrole nitrogens is 1. The van der Waals surface area contributed by atoms with Gasteiger partial charge < -0.3 is 14.5 Å². The average molecular weight is 431 g/mol. The van der Waals surface area contributed by atoms with Crippen molar-refractivity contribution in [3.05, 3.63) is 63.7 Å². The number of carbonyl (C=O) groups is 1. The Morgan fingerprint density at radius 2 is 2.03 bits per heavy atom. The lowest BCUT2D eigenvalue weighted by Gasteiger charge is -2.32. The Morgan fingerprint density at radius 3 is 2.90 bits per heavy atom. The molecule has 2 aliphatic rings. The molecule has 2 atom stereocenters. The van der Waals surface area contributed by atoms with E-state index in [-0.39, 0.29) is 24.2 Å². The van der Waals surface area contributed by atoms with Gasteiger partial charge in [-0.3, -0.25) is 9.89 Å². The highest BCUT2D eigenvalue weighted by Crippen LogP contribution is 2.42. The van der Waals surface area contributed by atoms with Crippen molar-refractivity contribution in [1.29, 1.82) is 0 Å². The molecule has 1 saturated heterocycles. The second-order valence-corrected chi connectivity index (χ2v) is 7.79. The fourth-order valence-electron chi connectivity index (χ4n) is 3.81. The molecule has 2 N–H and O–H groups in total. The van der Waals surface area contributed by atoms with Crippen LogP contribution in [-0.2, 0) is 11.4 Å². The third-order valence-corrected chi connectivity index (χ3v) is 5.88. The van der Waals surface area contributed by atoms with E-state index in [2.05, 4.69) is 20.5 Å². The Bertz CT molecular complexity index is 1120. The number of fused-ring (bicyclic) bond motifs is 2. The van der Waals surface area contributed by atoms with E-state index in [0.29, 0.717) is 46.2 Å². The molecule has 0 saturated carbocycles. The quantitative estimate of drug-likeness (QED) is 0.654. The molecule has 0 radical (unpaired) electrons. The van der Waals surface area contributed by atoms with Gasteiger partial charge >= 0.3 is 0 Å². The molecule has 2 unspecified atom stereocenters. The Kier molecular flexibility index (Phi) is 4.66. The van der Waals surface area contributed by atoms with E-state index in [9.17, 15) is 4.79 Å². The van der Waals surface area contributed by atoms with Crippen molar-refractivity contribution in [2.24, 2.45) is 10.9 Å². The number of ether oxygens (including phenoxy) is 1. The van der Waals surface area contributed by atoms with Crippen LogP contribution >= 0.6 is 23.2 Å². The molecule has 9 heteroatoms. The van der Waals surface area contributed by atoms with Crippen LogP contribution in [0.25, 0.3) is 0 Å². The number of Topliss-reactive ketones (excluding diaryl/α,β-unsaturated/α-hetero) is 1. The van der Waals surface area contributed by atoms with E-state index in [1.54, 1.807) is 24.4 Å². The lowest BCUT2D eigenvalue weighted by Crippen LogP contribution is -2.48. The third kappa shape index (κ3) is 3.35. The molecule has 29 heavy (non-hydrogen) atoms. The normalized spacial score (nSPS) is 20.8. The van der Waals surface area contributed by atoms with Crippen LogP contribution in [0, 0.1) is 5.92 Å². The number of hydrogen-bond donors (Lipinski definition) is 2. The number of ketones is 1. The molecule has 0 spiro atoms. The summed E-state index contributed by atoms with van der Waals surface area (Å²) < 4.78 is 11.8. The Morgan fingerprint density at radius 1 is 1.14 bits per heavy atom. The SMILES string of the molecule is O=C1CNCC2=Nc3[nH]ncc3C(c3ccc(COc4ccc(Cl)c(Cl)c4)o3)C12. The van der Waals surface area contributed by atoms with E-state index in [1.165, 1.54) is 0 Å². The van der Waals surface area contributed by atoms with Crippen LogP contribution in [0.4, 0.5) is 5.82 Å². The molecular weight excluding hydrogens is 415 g/mol. The van der Waals surface area contributed by atoms with Crippen molar-refractivity contribution >= 4 is 40.5 Å². The second-order valence-electron chi connectivity index (χ2n) is 6.97. The zero-order valence-electron chi connectivity index (χ0n) is 15.1. The van der Waals surface area contributed by atoms with Crippen LogP contribution < -0.4 is 10.1 Å². The van der Waals surface area contributed by atoms with Gasteiger partial charge in [-0.2, -0.15) is 5.10 Å². The predicted octanol–water partition coefficient (Wildman–Crippen LogP) is 3.90. The van der Waals surface area contributed by atoms with E-state index in [4.69, 9.17) is 32.4 Å². The molecular formula is C20H16Cl2N4O3. The predicted molar refractivity (Wildman–Crippen MR) is 108 cm³/mol. The van der Waals surface area contributed by atoms with Gasteiger partial charge in [-0.25, -0.2) is 4.99 Å². The number of rotatable bonds is 4. The minimum atomic E-state index is -0.351. The topological polar surface area (TPSA) is 92.5 Å². The van der Waals surface area contributed by atoms with Gasteiger partial charge in [-0.15, -0.1) is 0 Å². The van der Waals surface area contributed by atoms with Crippen molar-refractivity contribution in [1.82, 2.24) is 15.5 Å². The largest absolute Gasteiger partial charge is 0.486 e. The number of benzene rings is 1. The van der Waals surface area contributed by atoms with Crippen molar-refractivity contribution in [2.45, 2.75) is 12.5 Å². The summed E-state index contributed by atoms with van der Waals surface area (Å²) in [6.45, 7) is 1.12. The van der Waals surface area contributed by atoms with E-state index in [1.807, 2.05) is 12.1 Å². The standard InChI is InChI=1S/C20H16Cl2N4O3/c21-13-3-1-10(5-14(13)22)28-9-11-2-4-17(29-11)18-12-6-24-26-20(12)25-15-7-23-8-16(27)19(15)18/h1-6,18-19,23H,7-9H2,(H,24,26). The average Bonchev–Trinajstić information content (AvgIpc) is 3.37. The minimum absolute atomic E-state index is 0.0943. The zero-order chi connectivity index (χ0) is 20.0. The molecule has 1 aromatic carbocycles. The number of aromatic amines is 1. The van der Waals surface area contributed by atoms with Gasteiger partial charge in [-0.05, 0) is 24.3 Å². The summed E-state index contributed by atoms with van der Waals surface area (Å²) in [7, 11) is 0. The molecule has 2 aromatic heterocycles. The van der Waals surface area contributed by atoms with Gasteiger partial charge in [-0.1, -0.05) is 23.2 Å². The lowest BCUT2D eigenvalue weighted by atomic mass is 9.76. The van der Waals surface area contributed by atoms with Crippen molar-refractivity contribution < 1.29 is 13.9 Å². The van der Waals surface area contributed by atoms with Crippen LogP contribution in [0.5, 0.6) is 5.75 Å². The molecule has 5 rings (SSSR count). The van der Waals surface area contributed by atoms with Gasteiger partial charge in [0.1, 0.15) is 23.9 Å². The number of nitrogens with one attached hydrogen (secondary N) is 2. The third-order valence-electron chi connectivity index (χ3n) is 5.14. The molecule has 0 bridgehead atoms. The summed E-state index contributed by atoms with van der Waals surface area (Å²) in [4.78, 5) is 17.2. The van der Waals surface area contributed by atoms with E-state index < -0.39 is 0 Å². The highest BCUT2D eigenvalue weighted by molar-refractivity contribution is 6.42. The molecule has 0 aliphatic carbocycles. The van der Waals surface area contributed by atoms with E-state index in [0.717, 1.165) is 11.3 Å². The smallest absolute Gasteiger partial charge is 0.156 e. The lowest BCUT2D eigenvalue weighted by molar-refractivity contribution is -0.121. The van der Waals surface area contributed by atoms with E-state index >= 15 is 0 Å². The summed E-state index contributed by atoms with van der Waals surface area (Å²) in [5.74, 6) is 2.07. The molecule has 0 amide bonds. The highest BCUT2D eigenvalue weighted by atomic mass is 35.5. The van der Waals surface area contributed by atoms with Crippen LogP contribution in [0.1, 0.15) is 23.0 Å². The fraction of sp³-hybridized carbons (Fsp3) is 0.250. The summed E-state index contributed by atoms with van der Waals surface area (Å²) in [5.41, 5.74) is 1.66. The first-order chi connectivity index (χ1) is 14.1. The number of aliphatic imine (C=N–C) groups is 1. The van der Waals surface area contributed by atoms with Crippen molar-refractivity contribution in [3.8, 4) is 5.75 Å². The second kappa shape index (κ2) is 7.33. The number of piperidine rings is 1. The Balaban J connectivity index is 1.41. The number of furan rings is 1. The first kappa shape index (κ1) is 18.4. The summed E-state index contributed by atoms with van der Waals surface area (Å²) >= 11 is 12.0. The fourth-order valence-corrected chi connectivity index (χ4v) is 4.10. The van der Waals surface area contributed by atoms with Gasteiger partial charge in [0.25, 0.3) is 0 Å². The molecule has 1 fully saturated rings. The first-order valence-electron chi connectivity index (χ1n) is 9.11. The van der Waals surface area contributed by atoms with Gasteiger partial charge in [0, 0.05) is 23.9 Å². The van der Waals surface area contributed by atoms with Crippen LogP contribution in [0.3, 0.4) is 0 Å². The maximum Gasteiger partial charge on any atom is 0.156 e. The van der Waals surface area contributed by atoms with Gasteiger partial charge in [0.2, 0.25) is 0 Å². The monoisotopic (exact) mass is 430 g/mol. The maximum atomic E-state index is 12.7. The van der Waals surface area contributed by atoms with Crippen LogP contribution in [-0.4, -0.2) is 34.8 Å². The molecule has 7 nitrogen and oxygen atoms in total. The molecule has 148 valence electrons. The number of halogens is 2. The molecule has 2 aliphatic heterocycles. The Labute approximate surface area is 176 Å². The minimum Gasteiger partial charge on any atom is -0.486 e. The van der Waals surface area contributed by atoms with Crippen molar-refractivity contribution in [3.63, 3.8) is 0 Å². The van der Waals surface area contributed by atoms with Gasteiger partial charge in [0.15, 0.2) is 11.6 Å². The molecule has 4 heterocycles. The number of carbonyl (C=O) groups excluding carboxylic acids is 1. The number of hydrogen-bond acceptors (Lipinski definition) is 6. The zero-order valence-corrected chi connectivity index (χ0v) is 16.6. The maximum absolute atomic E-state index is 12.7. The summed E-state index contributed by atoms with van der Waals surface area (Å²) in [5, 5.41) is 11.0. The highest BCUT2D eigenvalue weighted by Gasteiger charge is 2.43. The number of aromatic nitrogens is 2. The van der Waals surface area contributed by atoms with Crippen LogP contribution in [0.15, 0.2) is 45.9 Å².